The lowest BCUT2D eigenvalue weighted by Crippen LogP contribution is -2.58. The van der Waals surface area contributed by atoms with Gasteiger partial charge in [0.25, 0.3) is 0 Å². The Kier molecular flexibility index (Phi) is 4.38. The molecule has 18 heavy (non-hydrogen) atoms. The van der Waals surface area contributed by atoms with Gasteiger partial charge in [-0.2, -0.15) is 0 Å². The molecule has 1 heterocycles. The molecule has 0 radical (unpaired) electrons. The fourth-order valence-electron chi connectivity index (χ4n) is 3.97. The standard InChI is InChI=1S/C16H32N2/c1-6-13-7-8-14(12(13)2)18-10-9-17-15(11-18)16(3,4)5/h12-15,17H,6-11H2,1-5H3. The third kappa shape index (κ3) is 2.91. The summed E-state index contributed by atoms with van der Waals surface area (Å²) in [5, 5.41) is 3.71. The topological polar surface area (TPSA) is 15.3 Å². The number of hydrogen-bond acceptors (Lipinski definition) is 2. The van der Waals surface area contributed by atoms with Gasteiger partial charge in [-0.15, -0.1) is 0 Å². The van der Waals surface area contributed by atoms with Crippen LogP contribution in [0.25, 0.3) is 0 Å². The van der Waals surface area contributed by atoms with Gasteiger partial charge in [-0.25, -0.2) is 0 Å². The molecule has 2 aliphatic rings. The van der Waals surface area contributed by atoms with Crippen LogP contribution in [0.3, 0.4) is 0 Å². The molecule has 2 fully saturated rings. The fraction of sp³-hybridized carbons (Fsp3) is 1.00. The molecule has 1 N–H and O–H groups in total. The zero-order valence-electron chi connectivity index (χ0n) is 13.0. The molecule has 0 amide bonds. The summed E-state index contributed by atoms with van der Waals surface area (Å²) >= 11 is 0. The maximum absolute atomic E-state index is 3.71. The number of nitrogens with zero attached hydrogens (tertiary/aromatic N) is 1. The van der Waals surface area contributed by atoms with Crippen molar-refractivity contribution in [2.45, 2.75) is 66.0 Å². The highest BCUT2D eigenvalue weighted by Crippen LogP contribution is 2.37. The van der Waals surface area contributed by atoms with Crippen molar-refractivity contribution in [3.05, 3.63) is 0 Å². The molecule has 2 rings (SSSR count). The second kappa shape index (κ2) is 5.50. The van der Waals surface area contributed by atoms with Crippen molar-refractivity contribution in [2.24, 2.45) is 17.3 Å². The van der Waals surface area contributed by atoms with Crippen molar-refractivity contribution < 1.29 is 0 Å². The van der Waals surface area contributed by atoms with Gasteiger partial charge in [-0.05, 0) is 30.1 Å². The number of nitrogens with one attached hydrogen (secondary N) is 1. The Balaban J connectivity index is 1.97. The molecule has 1 aliphatic heterocycles. The average molecular weight is 252 g/mol. The Morgan fingerprint density at radius 1 is 1.22 bits per heavy atom. The van der Waals surface area contributed by atoms with Crippen LogP contribution in [0.1, 0.15) is 53.9 Å². The van der Waals surface area contributed by atoms with E-state index >= 15 is 0 Å². The summed E-state index contributed by atoms with van der Waals surface area (Å²) in [5.74, 6) is 1.87. The monoisotopic (exact) mass is 252 g/mol. The molecule has 4 unspecified atom stereocenters. The zero-order chi connectivity index (χ0) is 13.3. The van der Waals surface area contributed by atoms with Crippen LogP contribution in [-0.2, 0) is 0 Å². The molecule has 4 atom stereocenters. The highest BCUT2D eigenvalue weighted by Gasteiger charge is 2.38. The Labute approximate surface area is 114 Å². The van der Waals surface area contributed by atoms with Crippen molar-refractivity contribution in [1.29, 1.82) is 0 Å². The minimum absolute atomic E-state index is 0.380. The van der Waals surface area contributed by atoms with Gasteiger partial charge in [0, 0.05) is 31.7 Å². The van der Waals surface area contributed by atoms with Crippen molar-refractivity contribution in [3.8, 4) is 0 Å². The minimum Gasteiger partial charge on any atom is -0.311 e. The minimum atomic E-state index is 0.380. The number of piperazine rings is 1. The smallest absolute Gasteiger partial charge is 0.0244 e. The lowest BCUT2D eigenvalue weighted by Gasteiger charge is -2.44. The second-order valence-corrected chi connectivity index (χ2v) is 7.54. The predicted octanol–water partition coefficient (Wildman–Crippen LogP) is 3.13. The normalized spacial score (nSPS) is 39.2. The highest BCUT2D eigenvalue weighted by molar-refractivity contribution is 4.94. The van der Waals surface area contributed by atoms with Crippen LogP contribution in [0.15, 0.2) is 0 Å². The first-order valence-electron chi connectivity index (χ1n) is 7.91. The maximum Gasteiger partial charge on any atom is 0.0244 e. The van der Waals surface area contributed by atoms with Crippen LogP contribution in [0.4, 0.5) is 0 Å². The SMILES string of the molecule is CCC1CCC(N2CCNC(C(C)(C)C)C2)C1C. The Morgan fingerprint density at radius 2 is 1.94 bits per heavy atom. The third-order valence-electron chi connectivity index (χ3n) is 5.43. The molecule has 1 aliphatic carbocycles. The summed E-state index contributed by atoms with van der Waals surface area (Å²) < 4.78 is 0. The number of rotatable bonds is 2. The van der Waals surface area contributed by atoms with E-state index in [1.54, 1.807) is 0 Å². The largest absolute Gasteiger partial charge is 0.311 e. The zero-order valence-corrected chi connectivity index (χ0v) is 13.0. The van der Waals surface area contributed by atoms with Gasteiger partial charge in [-0.1, -0.05) is 41.0 Å². The van der Waals surface area contributed by atoms with Gasteiger partial charge >= 0.3 is 0 Å². The van der Waals surface area contributed by atoms with Gasteiger partial charge in [0.05, 0.1) is 0 Å². The molecular formula is C16H32N2. The van der Waals surface area contributed by atoms with Gasteiger partial charge in [0.1, 0.15) is 0 Å². The van der Waals surface area contributed by atoms with Crippen molar-refractivity contribution in [2.75, 3.05) is 19.6 Å². The molecule has 2 heteroatoms. The molecule has 0 bridgehead atoms. The lowest BCUT2D eigenvalue weighted by molar-refractivity contribution is 0.0787. The molecule has 0 aromatic carbocycles. The van der Waals surface area contributed by atoms with E-state index in [4.69, 9.17) is 0 Å². The van der Waals surface area contributed by atoms with Crippen LogP contribution >= 0.6 is 0 Å². The Hall–Kier alpha value is -0.0800. The lowest BCUT2D eigenvalue weighted by atomic mass is 9.84. The molecule has 0 spiro atoms. The van der Waals surface area contributed by atoms with Crippen LogP contribution in [0.2, 0.25) is 0 Å². The van der Waals surface area contributed by atoms with E-state index < -0.39 is 0 Å². The molecular weight excluding hydrogens is 220 g/mol. The average Bonchev–Trinajstić information content (AvgIpc) is 2.69. The highest BCUT2D eigenvalue weighted by atomic mass is 15.2. The molecule has 2 nitrogen and oxygen atoms in total. The Bertz CT molecular complexity index is 269. The van der Waals surface area contributed by atoms with Gasteiger partial charge in [0.2, 0.25) is 0 Å². The molecule has 106 valence electrons. The molecule has 1 saturated carbocycles. The van der Waals surface area contributed by atoms with E-state index in [-0.39, 0.29) is 0 Å². The van der Waals surface area contributed by atoms with E-state index in [1.807, 2.05) is 0 Å². The van der Waals surface area contributed by atoms with E-state index in [0.717, 1.165) is 17.9 Å². The van der Waals surface area contributed by atoms with E-state index in [9.17, 15) is 0 Å². The van der Waals surface area contributed by atoms with Crippen LogP contribution < -0.4 is 5.32 Å². The predicted molar refractivity (Wildman–Crippen MR) is 78.8 cm³/mol. The van der Waals surface area contributed by atoms with Crippen molar-refractivity contribution in [3.63, 3.8) is 0 Å². The van der Waals surface area contributed by atoms with Gasteiger partial charge < -0.3 is 5.32 Å². The van der Waals surface area contributed by atoms with Crippen molar-refractivity contribution in [1.82, 2.24) is 10.2 Å². The number of hydrogen-bond donors (Lipinski definition) is 1. The summed E-state index contributed by atoms with van der Waals surface area (Å²) in [4.78, 5) is 2.78. The van der Waals surface area contributed by atoms with Crippen LogP contribution in [0, 0.1) is 17.3 Å². The molecule has 0 aromatic heterocycles. The van der Waals surface area contributed by atoms with Crippen molar-refractivity contribution >= 4 is 0 Å². The summed E-state index contributed by atoms with van der Waals surface area (Å²) in [7, 11) is 0. The fourth-order valence-corrected chi connectivity index (χ4v) is 3.97. The second-order valence-electron chi connectivity index (χ2n) is 7.54. The Morgan fingerprint density at radius 3 is 2.50 bits per heavy atom. The molecule has 0 aromatic rings. The first-order valence-corrected chi connectivity index (χ1v) is 7.91. The quantitative estimate of drug-likeness (QED) is 0.812. The summed E-state index contributed by atoms with van der Waals surface area (Å²) in [6.07, 6.45) is 4.25. The van der Waals surface area contributed by atoms with Crippen LogP contribution in [-0.4, -0.2) is 36.6 Å². The summed E-state index contributed by atoms with van der Waals surface area (Å²) in [6, 6.07) is 1.50. The maximum atomic E-state index is 3.71. The first kappa shape index (κ1) is 14.3. The van der Waals surface area contributed by atoms with Crippen LogP contribution in [0.5, 0.6) is 0 Å². The van der Waals surface area contributed by atoms with E-state index in [1.165, 1.54) is 38.9 Å². The third-order valence-corrected chi connectivity index (χ3v) is 5.43. The van der Waals surface area contributed by atoms with Gasteiger partial charge in [-0.3, -0.25) is 4.90 Å². The molecule has 1 saturated heterocycles. The summed E-state index contributed by atoms with van der Waals surface area (Å²) in [6.45, 7) is 15.6. The van der Waals surface area contributed by atoms with E-state index in [2.05, 4.69) is 44.8 Å². The van der Waals surface area contributed by atoms with E-state index in [0.29, 0.717) is 11.5 Å². The first-order chi connectivity index (χ1) is 8.43. The summed E-state index contributed by atoms with van der Waals surface area (Å²) in [5.41, 5.74) is 0.380. The van der Waals surface area contributed by atoms with Gasteiger partial charge in [0.15, 0.2) is 0 Å².